The summed E-state index contributed by atoms with van der Waals surface area (Å²) in [5.41, 5.74) is 0. The van der Waals surface area contributed by atoms with Crippen molar-refractivity contribution in [3.63, 3.8) is 0 Å². The number of rotatable bonds is 25. The Bertz CT molecular complexity index is 1100. The van der Waals surface area contributed by atoms with E-state index >= 15 is 0 Å². The quantitative estimate of drug-likeness (QED) is 0.0566. The van der Waals surface area contributed by atoms with Gasteiger partial charge in [0, 0.05) is 23.7 Å². The monoisotopic (exact) mass is 752 g/mol. The van der Waals surface area contributed by atoms with Crippen LogP contribution in [0.1, 0.15) is 101 Å². The molecular weight excluding hydrogens is 688 g/mol. The van der Waals surface area contributed by atoms with Crippen LogP contribution in [0.25, 0.3) is 0 Å². The average molecular weight is 753 g/mol. The molecule has 0 fully saturated rings. The van der Waals surface area contributed by atoms with Gasteiger partial charge in [0.05, 0.1) is 6.61 Å². The predicted octanol–water partition coefficient (Wildman–Crippen LogP) is 1.20. The molecule has 0 saturated carbocycles. The lowest BCUT2D eigenvalue weighted by Gasteiger charge is -2.30. The van der Waals surface area contributed by atoms with Gasteiger partial charge in [0.2, 0.25) is 24.4 Å². The van der Waals surface area contributed by atoms with Crippen LogP contribution in [0.4, 0.5) is 0 Å². The normalized spacial score (nSPS) is 19.8. The first-order chi connectivity index (χ1) is 24.3. The molecule has 0 rings (SSSR count). The highest BCUT2D eigenvalue weighted by Gasteiger charge is 2.42. The van der Waals surface area contributed by atoms with Crippen LogP contribution >= 0.6 is 0 Å². The average Bonchev–Trinajstić information content (AvgIpc) is 3.15. The van der Waals surface area contributed by atoms with E-state index in [1.54, 1.807) is 69.2 Å². The van der Waals surface area contributed by atoms with Gasteiger partial charge in [0.1, 0.15) is 31.0 Å². The summed E-state index contributed by atoms with van der Waals surface area (Å²) in [7, 11) is 0. The first kappa shape index (κ1) is 49.1. The fourth-order valence-corrected chi connectivity index (χ4v) is 4.58. The molecule has 304 valence electrons. The van der Waals surface area contributed by atoms with E-state index < -0.39 is 128 Å². The Morgan fingerprint density at radius 3 is 1.04 bits per heavy atom. The molecule has 0 spiro atoms. The van der Waals surface area contributed by atoms with Gasteiger partial charge in [0.15, 0.2) is 6.10 Å². The largest absolute Gasteiger partial charge is 0.460 e. The number of carbonyl (C=O) groups is 5. The molecule has 16 heteroatoms. The van der Waals surface area contributed by atoms with Crippen LogP contribution in [0.3, 0.4) is 0 Å². The topological polar surface area (TPSA) is 253 Å². The van der Waals surface area contributed by atoms with E-state index in [9.17, 15) is 49.5 Å². The molecular formula is C36H64O16. The number of hydrogen-bond donors (Lipinski definition) is 6. The molecule has 0 amide bonds. The van der Waals surface area contributed by atoms with Crippen molar-refractivity contribution in [2.45, 2.75) is 156 Å². The third kappa shape index (κ3) is 14.9. The van der Waals surface area contributed by atoms with Gasteiger partial charge < -0.3 is 54.3 Å². The Labute approximate surface area is 307 Å². The van der Waals surface area contributed by atoms with Crippen LogP contribution in [0.5, 0.6) is 0 Å². The first-order valence-corrected chi connectivity index (χ1v) is 18.3. The fourth-order valence-electron chi connectivity index (χ4n) is 4.58. The second kappa shape index (κ2) is 24.4. The highest BCUT2D eigenvalue weighted by atomic mass is 16.6. The lowest BCUT2D eigenvalue weighted by molar-refractivity contribution is -0.196. The zero-order valence-electron chi connectivity index (χ0n) is 32.3. The van der Waals surface area contributed by atoms with E-state index in [2.05, 4.69) is 0 Å². The third-order valence-electron chi connectivity index (χ3n) is 9.69. The fraction of sp³-hybridized carbons (Fsp3) is 0.861. The Morgan fingerprint density at radius 1 is 0.442 bits per heavy atom. The molecule has 6 N–H and O–H groups in total. The molecule has 52 heavy (non-hydrogen) atoms. The van der Waals surface area contributed by atoms with Crippen molar-refractivity contribution < 1.29 is 78.3 Å². The summed E-state index contributed by atoms with van der Waals surface area (Å²) in [6.07, 6.45) is -13.4. The Morgan fingerprint density at radius 2 is 0.731 bits per heavy atom. The van der Waals surface area contributed by atoms with Gasteiger partial charge in [-0.15, -0.1) is 0 Å². The molecule has 0 bridgehead atoms. The van der Waals surface area contributed by atoms with E-state index in [0.717, 1.165) is 0 Å². The summed E-state index contributed by atoms with van der Waals surface area (Å²) >= 11 is 0. The van der Waals surface area contributed by atoms with Gasteiger partial charge in [0.25, 0.3) is 0 Å². The zero-order chi connectivity index (χ0) is 40.5. The minimum Gasteiger partial charge on any atom is -0.460 e. The van der Waals surface area contributed by atoms with E-state index in [1.165, 1.54) is 0 Å². The molecule has 0 aliphatic carbocycles. The summed E-state index contributed by atoms with van der Waals surface area (Å²) in [5, 5.41) is 58.9. The van der Waals surface area contributed by atoms with Crippen molar-refractivity contribution in [1.29, 1.82) is 0 Å². The maximum Gasteiger partial charge on any atom is 0.348 e. The molecule has 0 aromatic rings. The second-order valence-corrected chi connectivity index (χ2v) is 13.7. The van der Waals surface area contributed by atoms with Gasteiger partial charge in [-0.05, 0) is 31.6 Å². The number of aliphatic hydroxyl groups is 6. The number of esters is 5. The Kier molecular flexibility index (Phi) is 23.1. The van der Waals surface area contributed by atoms with E-state index in [-0.39, 0.29) is 0 Å². The third-order valence-corrected chi connectivity index (χ3v) is 9.69. The van der Waals surface area contributed by atoms with Crippen LogP contribution in [0.2, 0.25) is 0 Å². The molecule has 0 aromatic heterocycles. The number of hydrogen-bond acceptors (Lipinski definition) is 16. The number of ether oxygens (including phenoxy) is 5. The van der Waals surface area contributed by atoms with Crippen LogP contribution in [-0.4, -0.2) is 129 Å². The van der Waals surface area contributed by atoms with Crippen molar-refractivity contribution in [2.75, 3.05) is 13.2 Å². The predicted molar refractivity (Wildman–Crippen MR) is 185 cm³/mol. The summed E-state index contributed by atoms with van der Waals surface area (Å²) < 4.78 is 27.2. The van der Waals surface area contributed by atoms with Crippen LogP contribution < -0.4 is 0 Å². The van der Waals surface area contributed by atoms with Gasteiger partial charge >= 0.3 is 29.8 Å². The second-order valence-electron chi connectivity index (χ2n) is 13.7. The van der Waals surface area contributed by atoms with Crippen LogP contribution in [0, 0.1) is 29.6 Å². The maximum atomic E-state index is 13.7. The minimum absolute atomic E-state index is 0.315. The molecule has 0 aliphatic rings. The number of aliphatic hydroxyl groups excluding tert-OH is 6. The van der Waals surface area contributed by atoms with Crippen LogP contribution in [0.15, 0.2) is 0 Å². The van der Waals surface area contributed by atoms with Gasteiger partial charge in [-0.25, -0.2) is 24.0 Å². The summed E-state index contributed by atoms with van der Waals surface area (Å²) in [6.45, 7) is 15.0. The summed E-state index contributed by atoms with van der Waals surface area (Å²) in [6, 6.07) is 0. The van der Waals surface area contributed by atoms with Crippen molar-refractivity contribution in [3.8, 4) is 0 Å². The SMILES string of the molecule is CC[C@H](C)[C@@H](O)C(=O)O[C@@H](C(=O)O[C@@H](C(=O)O[C@@H](C(=O)O[C@@H](C(=O)OC[C@@H](O)[C@@H](O)[C@H](O)[C@H](O)CO)[C@@H](C)CC)[C@@H](C)CC)[C@@H](C)CC)[C@@H](C)CC. The molecule has 14 atom stereocenters. The maximum absolute atomic E-state index is 13.7. The van der Waals surface area contributed by atoms with E-state index in [4.69, 9.17) is 28.8 Å². The van der Waals surface area contributed by atoms with Crippen LogP contribution in [-0.2, 0) is 47.7 Å². The smallest absolute Gasteiger partial charge is 0.348 e. The van der Waals surface area contributed by atoms with Gasteiger partial charge in [-0.1, -0.05) is 75.7 Å². The molecule has 0 heterocycles. The minimum atomic E-state index is -2.00. The standard InChI is InChI=1S/C36H64O16/c1-11-18(6)25(40)32(43)49-29(20(8)13-3)34(45)51-31(22(10)15-5)36(47)52-30(21(9)14-4)35(46)50-28(19(7)12-2)33(44)48-17-24(39)27(42)26(41)23(38)16-37/h18-31,37-42H,11-17H2,1-10H3/t18-,19-,20-,21-,22-,23+,24+,25+,26+,27+,28+,29+,30+,31+/m0/s1. The van der Waals surface area contributed by atoms with E-state index in [1.807, 2.05) is 0 Å². The van der Waals surface area contributed by atoms with Crippen molar-refractivity contribution in [3.05, 3.63) is 0 Å². The highest BCUT2D eigenvalue weighted by molar-refractivity contribution is 5.87. The molecule has 0 aliphatic heterocycles. The molecule has 0 unspecified atom stereocenters. The lowest BCUT2D eigenvalue weighted by atomic mass is 9.98. The molecule has 16 nitrogen and oxygen atoms in total. The van der Waals surface area contributed by atoms with Crippen molar-refractivity contribution in [2.24, 2.45) is 29.6 Å². The summed E-state index contributed by atoms with van der Waals surface area (Å²) in [4.78, 5) is 66.4. The molecule has 0 aromatic carbocycles. The molecule has 0 saturated heterocycles. The first-order valence-electron chi connectivity index (χ1n) is 18.3. The Balaban J connectivity index is 6.15. The van der Waals surface area contributed by atoms with Gasteiger partial charge in [-0.3, -0.25) is 0 Å². The molecule has 0 radical (unpaired) electrons. The van der Waals surface area contributed by atoms with E-state index in [0.29, 0.717) is 32.1 Å². The zero-order valence-corrected chi connectivity index (χ0v) is 32.3. The highest BCUT2D eigenvalue weighted by Crippen LogP contribution is 2.24. The Hall–Kier alpha value is -2.89. The summed E-state index contributed by atoms with van der Waals surface area (Å²) in [5.74, 6) is -8.22. The lowest BCUT2D eigenvalue weighted by Crippen LogP contribution is -2.48. The van der Waals surface area contributed by atoms with Crippen molar-refractivity contribution >= 4 is 29.8 Å². The van der Waals surface area contributed by atoms with Crippen molar-refractivity contribution in [1.82, 2.24) is 0 Å². The number of carbonyl (C=O) groups excluding carboxylic acids is 5. The van der Waals surface area contributed by atoms with Gasteiger partial charge in [-0.2, -0.15) is 0 Å².